The molecule has 0 fully saturated rings. The third-order valence-electron chi connectivity index (χ3n) is 5.39. The molecule has 0 aliphatic heterocycles. The van der Waals surface area contributed by atoms with Gasteiger partial charge in [-0.05, 0) is 31.0 Å². The van der Waals surface area contributed by atoms with Crippen molar-refractivity contribution in [3.05, 3.63) is 87.0 Å². The summed E-state index contributed by atoms with van der Waals surface area (Å²) < 4.78 is 7.32. The largest absolute Gasteiger partial charge is 0.493 e. The van der Waals surface area contributed by atoms with E-state index in [2.05, 4.69) is 27.1 Å². The molecule has 0 radical (unpaired) electrons. The lowest BCUT2D eigenvalue weighted by Gasteiger charge is -2.20. The molecule has 4 rings (SSSR count). The van der Waals surface area contributed by atoms with Crippen molar-refractivity contribution in [2.24, 2.45) is 0 Å². The quantitative estimate of drug-likeness (QED) is 0.405. The monoisotopic (exact) mass is 465 g/mol. The molecule has 0 amide bonds. The molecular weight excluding hydrogens is 442 g/mol. The summed E-state index contributed by atoms with van der Waals surface area (Å²) in [6, 6.07) is 12.9. The number of pyridine rings is 1. The lowest BCUT2D eigenvalue weighted by Crippen LogP contribution is -2.30. The zero-order chi connectivity index (χ0) is 23.4. The van der Waals surface area contributed by atoms with E-state index in [-0.39, 0.29) is 29.8 Å². The number of aromatic hydroxyl groups is 1. The average molecular weight is 466 g/mol. The first-order valence-electron chi connectivity index (χ1n) is 10.8. The Hall–Kier alpha value is -3.52. The van der Waals surface area contributed by atoms with Gasteiger partial charge in [-0.25, -0.2) is 0 Å². The molecule has 0 saturated heterocycles. The van der Waals surface area contributed by atoms with Crippen LogP contribution < -0.4 is 5.56 Å². The number of halogens is 1. The smallest absolute Gasteiger partial charge is 0.270 e. The van der Waals surface area contributed by atoms with E-state index in [0.717, 1.165) is 18.4 Å². The van der Waals surface area contributed by atoms with Crippen LogP contribution in [0.1, 0.15) is 55.7 Å². The van der Waals surface area contributed by atoms with Crippen molar-refractivity contribution in [1.29, 1.82) is 0 Å². The van der Waals surface area contributed by atoms with Crippen LogP contribution in [-0.4, -0.2) is 29.8 Å². The molecule has 0 bridgehead atoms. The third-order valence-corrected chi connectivity index (χ3v) is 5.62. The maximum Gasteiger partial charge on any atom is 0.270 e. The van der Waals surface area contributed by atoms with E-state index >= 15 is 0 Å². The van der Waals surface area contributed by atoms with E-state index in [4.69, 9.17) is 16.0 Å². The lowest BCUT2D eigenvalue weighted by atomic mass is 10.1. The first-order valence-corrected chi connectivity index (χ1v) is 11.2. The van der Waals surface area contributed by atoms with Gasteiger partial charge in [-0.3, -0.25) is 14.3 Å². The molecule has 8 nitrogen and oxygen atoms in total. The van der Waals surface area contributed by atoms with Gasteiger partial charge in [-0.1, -0.05) is 55.3 Å². The highest BCUT2D eigenvalue weighted by Gasteiger charge is 2.25. The van der Waals surface area contributed by atoms with Crippen LogP contribution in [0.15, 0.2) is 57.9 Å². The Labute approximate surface area is 195 Å². The topological polar surface area (TPSA) is 107 Å². The van der Waals surface area contributed by atoms with Crippen molar-refractivity contribution in [3.8, 4) is 17.3 Å². The number of unbranched alkanes of at least 4 members (excludes halogenated alkanes) is 1. The van der Waals surface area contributed by atoms with Crippen LogP contribution in [0, 0.1) is 0 Å². The maximum atomic E-state index is 13.6. The molecule has 170 valence electrons. The molecule has 0 aliphatic carbocycles. The number of nitrogens with zero attached hydrogens (tertiary/aromatic N) is 5. The lowest BCUT2D eigenvalue weighted by molar-refractivity contribution is 0.431. The second-order valence-electron chi connectivity index (χ2n) is 7.74. The van der Waals surface area contributed by atoms with Crippen LogP contribution in [0.5, 0.6) is 5.88 Å². The van der Waals surface area contributed by atoms with Crippen LogP contribution in [-0.2, 0) is 12.8 Å². The SMILES string of the molecule is CCCCc1nc(O)c(-c2nnc(Cc3ccc(Cl)cn3)o2)c(=O)n1C(C)c1ccccc1. The standard InChI is InChI=1S/C24H24ClN5O3/c1-3-4-10-19-27-22(31)21(24(32)30(19)15(2)16-8-6-5-7-9-16)23-29-28-20(33-23)13-18-12-11-17(25)14-26-18/h5-9,11-12,14-15,31H,3-4,10,13H2,1-2H3. The molecule has 1 atom stereocenters. The Morgan fingerprint density at radius 3 is 2.64 bits per heavy atom. The minimum absolute atomic E-state index is 0.0787. The predicted octanol–water partition coefficient (Wildman–Crippen LogP) is 4.59. The summed E-state index contributed by atoms with van der Waals surface area (Å²) in [5, 5.41) is 19.2. The summed E-state index contributed by atoms with van der Waals surface area (Å²) in [4.78, 5) is 22.2. The molecule has 33 heavy (non-hydrogen) atoms. The van der Waals surface area contributed by atoms with E-state index < -0.39 is 11.4 Å². The molecule has 0 spiro atoms. The number of rotatable bonds is 8. The van der Waals surface area contributed by atoms with Crippen LogP contribution in [0.3, 0.4) is 0 Å². The van der Waals surface area contributed by atoms with Gasteiger partial charge in [0.05, 0.1) is 17.5 Å². The fourth-order valence-electron chi connectivity index (χ4n) is 3.64. The first kappa shape index (κ1) is 22.7. The first-order chi connectivity index (χ1) is 16.0. The van der Waals surface area contributed by atoms with Gasteiger partial charge in [-0.2, -0.15) is 4.98 Å². The van der Waals surface area contributed by atoms with E-state index in [0.29, 0.717) is 23.0 Å². The van der Waals surface area contributed by atoms with E-state index in [9.17, 15) is 9.90 Å². The fraction of sp³-hybridized carbons (Fsp3) is 0.292. The highest BCUT2D eigenvalue weighted by molar-refractivity contribution is 6.30. The van der Waals surface area contributed by atoms with Gasteiger partial charge in [-0.15, -0.1) is 10.2 Å². The zero-order valence-electron chi connectivity index (χ0n) is 18.4. The summed E-state index contributed by atoms with van der Waals surface area (Å²) in [6.07, 6.45) is 4.13. The molecule has 3 aromatic heterocycles. The zero-order valence-corrected chi connectivity index (χ0v) is 19.2. The van der Waals surface area contributed by atoms with Crippen molar-refractivity contribution < 1.29 is 9.52 Å². The van der Waals surface area contributed by atoms with Crippen molar-refractivity contribution in [2.45, 2.75) is 45.6 Å². The van der Waals surface area contributed by atoms with Gasteiger partial charge in [0.1, 0.15) is 5.82 Å². The molecule has 1 unspecified atom stereocenters. The van der Waals surface area contributed by atoms with Gasteiger partial charge in [0.15, 0.2) is 5.56 Å². The van der Waals surface area contributed by atoms with Gasteiger partial charge in [0.25, 0.3) is 11.4 Å². The fourth-order valence-corrected chi connectivity index (χ4v) is 3.75. The minimum atomic E-state index is -0.426. The Balaban J connectivity index is 1.75. The Kier molecular flexibility index (Phi) is 6.84. The molecule has 4 aromatic rings. The van der Waals surface area contributed by atoms with Crippen molar-refractivity contribution >= 4 is 11.6 Å². The molecule has 1 N–H and O–H groups in total. The van der Waals surface area contributed by atoms with Crippen molar-refractivity contribution in [2.75, 3.05) is 0 Å². The Morgan fingerprint density at radius 1 is 1.15 bits per heavy atom. The Bertz CT molecular complexity index is 1290. The molecule has 1 aromatic carbocycles. The molecule has 9 heteroatoms. The molecular formula is C24H24ClN5O3. The second kappa shape index (κ2) is 9.95. The summed E-state index contributed by atoms with van der Waals surface area (Å²) in [7, 11) is 0. The maximum absolute atomic E-state index is 13.6. The van der Waals surface area contributed by atoms with Crippen molar-refractivity contribution in [3.63, 3.8) is 0 Å². The number of benzene rings is 1. The summed E-state index contributed by atoms with van der Waals surface area (Å²) in [6.45, 7) is 3.99. The van der Waals surface area contributed by atoms with Crippen LogP contribution >= 0.6 is 11.6 Å². The Morgan fingerprint density at radius 2 is 1.94 bits per heavy atom. The van der Waals surface area contributed by atoms with Gasteiger partial charge >= 0.3 is 0 Å². The summed E-state index contributed by atoms with van der Waals surface area (Å²) in [5.41, 5.74) is 1.10. The highest BCUT2D eigenvalue weighted by Crippen LogP contribution is 2.27. The van der Waals surface area contributed by atoms with Crippen LogP contribution in [0.25, 0.3) is 11.5 Å². The molecule has 0 aliphatic rings. The molecule has 3 heterocycles. The number of aromatic nitrogens is 5. The number of hydrogen-bond acceptors (Lipinski definition) is 7. The average Bonchev–Trinajstić information content (AvgIpc) is 3.27. The van der Waals surface area contributed by atoms with E-state index in [1.165, 1.54) is 6.20 Å². The second-order valence-corrected chi connectivity index (χ2v) is 8.17. The van der Waals surface area contributed by atoms with Crippen LogP contribution in [0.4, 0.5) is 0 Å². The van der Waals surface area contributed by atoms with Gasteiger partial charge in [0.2, 0.25) is 11.8 Å². The molecule has 0 saturated carbocycles. The number of hydrogen-bond donors (Lipinski definition) is 1. The van der Waals surface area contributed by atoms with E-state index in [1.807, 2.05) is 37.3 Å². The third kappa shape index (κ3) is 4.96. The summed E-state index contributed by atoms with van der Waals surface area (Å²) in [5.74, 6) is 0.286. The highest BCUT2D eigenvalue weighted by atomic mass is 35.5. The summed E-state index contributed by atoms with van der Waals surface area (Å²) >= 11 is 5.88. The van der Waals surface area contributed by atoms with Gasteiger partial charge in [0, 0.05) is 18.3 Å². The minimum Gasteiger partial charge on any atom is -0.493 e. The number of aryl methyl sites for hydroxylation is 1. The van der Waals surface area contributed by atoms with Crippen molar-refractivity contribution in [1.82, 2.24) is 24.7 Å². The van der Waals surface area contributed by atoms with E-state index in [1.54, 1.807) is 16.7 Å². The normalized spacial score (nSPS) is 12.1. The van der Waals surface area contributed by atoms with Gasteiger partial charge < -0.3 is 9.52 Å². The van der Waals surface area contributed by atoms with Crippen LogP contribution in [0.2, 0.25) is 5.02 Å². The predicted molar refractivity (Wildman–Crippen MR) is 124 cm³/mol.